The summed E-state index contributed by atoms with van der Waals surface area (Å²) in [7, 11) is 0. The number of carbonyl (C=O) groups excluding carboxylic acids is 1. The average Bonchev–Trinajstić information content (AvgIpc) is 2.58. The Morgan fingerprint density at radius 3 is 2.48 bits per heavy atom. The Balaban J connectivity index is 2.19. The van der Waals surface area contributed by atoms with Gasteiger partial charge in [-0.3, -0.25) is 4.79 Å². The molecule has 0 fully saturated rings. The highest BCUT2D eigenvalue weighted by Crippen LogP contribution is 2.27. The molecule has 0 bridgehead atoms. The van der Waals surface area contributed by atoms with Crippen molar-refractivity contribution in [3.8, 4) is 6.07 Å². The van der Waals surface area contributed by atoms with Crippen molar-refractivity contribution in [2.45, 2.75) is 26.7 Å². The summed E-state index contributed by atoms with van der Waals surface area (Å²) in [5.41, 5.74) is 9.92. The van der Waals surface area contributed by atoms with E-state index in [4.69, 9.17) is 5.73 Å². The van der Waals surface area contributed by atoms with E-state index in [9.17, 15) is 10.1 Å². The fourth-order valence-corrected chi connectivity index (χ4v) is 2.43. The van der Waals surface area contributed by atoms with Crippen molar-refractivity contribution >= 4 is 23.0 Å². The molecule has 0 saturated heterocycles. The van der Waals surface area contributed by atoms with Crippen LogP contribution in [0.2, 0.25) is 0 Å². The molecular weight excluding hydrogens is 312 g/mol. The number of aryl methyl sites for hydroxylation is 1. The lowest BCUT2D eigenvalue weighted by atomic mass is 9.98. The standard InChI is InChI=1S/C20H22N4O/c1-13(2)18-6-4-5-14(3)19(18)23-12-15(11-21)20(25)24-17-9-7-16(22)8-10-17/h4-10,12-13,23H,22H2,1-3H3,(H,24,25)/b15-12-. The number of nitrogens with zero attached hydrogens (tertiary/aromatic N) is 1. The molecule has 0 radical (unpaired) electrons. The lowest BCUT2D eigenvalue weighted by molar-refractivity contribution is -0.112. The summed E-state index contributed by atoms with van der Waals surface area (Å²) < 4.78 is 0. The topological polar surface area (TPSA) is 90.9 Å². The van der Waals surface area contributed by atoms with Crippen LogP contribution in [0.5, 0.6) is 0 Å². The molecule has 0 heterocycles. The van der Waals surface area contributed by atoms with Crippen LogP contribution >= 0.6 is 0 Å². The molecule has 0 aliphatic heterocycles. The zero-order chi connectivity index (χ0) is 18.4. The summed E-state index contributed by atoms with van der Waals surface area (Å²) in [4.78, 5) is 12.3. The molecular formula is C20H22N4O. The zero-order valence-electron chi connectivity index (χ0n) is 14.6. The first-order valence-corrected chi connectivity index (χ1v) is 8.05. The molecule has 2 rings (SSSR count). The first-order valence-electron chi connectivity index (χ1n) is 8.05. The summed E-state index contributed by atoms with van der Waals surface area (Å²) >= 11 is 0. The van der Waals surface area contributed by atoms with E-state index in [1.54, 1.807) is 24.3 Å². The molecule has 0 aliphatic rings. The molecule has 0 atom stereocenters. The van der Waals surface area contributed by atoms with Gasteiger partial charge in [-0.05, 0) is 48.2 Å². The second-order valence-electron chi connectivity index (χ2n) is 6.08. The Kier molecular flexibility index (Phi) is 5.80. The van der Waals surface area contributed by atoms with Crippen LogP contribution in [0.1, 0.15) is 30.9 Å². The second-order valence-corrected chi connectivity index (χ2v) is 6.08. The molecule has 1 amide bonds. The number of carbonyl (C=O) groups is 1. The van der Waals surface area contributed by atoms with Crippen LogP contribution in [-0.2, 0) is 4.79 Å². The van der Waals surface area contributed by atoms with Crippen molar-refractivity contribution < 1.29 is 4.79 Å². The fraction of sp³-hybridized carbons (Fsp3) is 0.200. The van der Waals surface area contributed by atoms with Crippen molar-refractivity contribution in [3.63, 3.8) is 0 Å². The van der Waals surface area contributed by atoms with Crippen molar-refractivity contribution in [1.29, 1.82) is 5.26 Å². The third kappa shape index (κ3) is 4.61. The Morgan fingerprint density at radius 1 is 1.20 bits per heavy atom. The van der Waals surface area contributed by atoms with Gasteiger partial charge in [0.1, 0.15) is 11.6 Å². The highest BCUT2D eigenvalue weighted by molar-refractivity contribution is 6.06. The lowest BCUT2D eigenvalue weighted by Crippen LogP contribution is -2.14. The second kappa shape index (κ2) is 8.02. The first-order chi connectivity index (χ1) is 11.9. The maximum Gasteiger partial charge on any atom is 0.267 e. The number of amides is 1. The molecule has 0 unspecified atom stereocenters. The van der Waals surface area contributed by atoms with Crippen LogP contribution in [0.3, 0.4) is 0 Å². The van der Waals surface area contributed by atoms with Crippen LogP contribution in [-0.4, -0.2) is 5.91 Å². The molecule has 5 nitrogen and oxygen atoms in total. The van der Waals surface area contributed by atoms with Crippen LogP contribution in [0.25, 0.3) is 0 Å². The molecule has 0 aromatic heterocycles. The maximum absolute atomic E-state index is 12.3. The number of para-hydroxylation sites is 1. The van der Waals surface area contributed by atoms with Crippen LogP contribution < -0.4 is 16.4 Å². The number of anilines is 3. The minimum absolute atomic E-state index is 0.00483. The number of nitriles is 1. The lowest BCUT2D eigenvalue weighted by Gasteiger charge is -2.15. The predicted octanol–water partition coefficient (Wildman–Crippen LogP) is 4.16. The number of hydrogen-bond donors (Lipinski definition) is 3. The molecule has 25 heavy (non-hydrogen) atoms. The summed E-state index contributed by atoms with van der Waals surface area (Å²) in [6.45, 7) is 6.19. The van der Waals surface area contributed by atoms with Gasteiger partial charge < -0.3 is 16.4 Å². The highest BCUT2D eigenvalue weighted by Gasteiger charge is 2.12. The highest BCUT2D eigenvalue weighted by atomic mass is 16.1. The number of benzene rings is 2. The Morgan fingerprint density at radius 2 is 1.88 bits per heavy atom. The van der Waals surface area contributed by atoms with Crippen molar-refractivity contribution in [2.75, 3.05) is 16.4 Å². The fourth-order valence-electron chi connectivity index (χ4n) is 2.43. The maximum atomic E-state index is 12.3. The molecule has 128 valence electrons. The van der Waals surface area contributed by atoms with E-state index in [1.807, 2.05) is 31.2 Å². The smallest absolute Gasteiger partial charge is 0.267 e. The Hall–Kier alpha value is -3.26. The van der Waals surface area contributed by atoms with Gasteiger partial charge in [0.25, 0.3) is 5.91 Å². The van der Waals surface area contributed by atoms with Gasteiger partial charge in [-0.2, -0.15) is 5.26 Å². The van der Waals surface area contributed by atoms with Crippen LogP contribution in [0, 0.1) is 18.3 Å². The number of rotatable bonds is 5. The first kappa shape index (κ1) is 18.1. The average molecular weight is 334 g/mol. The van der Waals surface area contributed by atoms with E-state index >= 15 is 0 Å². The molecule has 5 heteroatoms. The normalized spacial score (nSPS) is 11.1. The Labute approximate surface area is 148 Å². The van der Waals surface area contributed by atoms with Crippen LogP contribution in [0.15, 0.2) is 54.2 Å². The van der Waals surface area contributed by atoms with E-state index in [2.05, 4.69) is 24.5 Å². The molecule has 0 aliphatic carbocycles. The predicted molar refractivity (Wildman–Crippen MR) is 102 cm³/mol. The molecule has 0 saturated carbocycles. The minimum Gasteiger partial charge on any atom is -0.399 e. The largest absolute Gasteiger partial charge is 0.399 e. The van der Waals surface area contributed by atoms with Gasteiger partial charge >= 0.3 is 0 Å². The van der Waals surface area contributed by atoms with Gasteiger partial charge in [-0.25, -0.2) is 0 Å². The van der Waals surface area contributed by atoms with E-state index in [0.29, 0.717) is 17.3 Å². The molecule has 4 N–H and O–H groups in total. The number of hydrogen-bond acceptors (Lipinski definition) is 4. The summed E-state index contributed by atoms with van der Waals surface area (Å²) in [6, 6.07) is 14.7. The van der Waals surface area contributed by atoms with Gasteiger partial charge in [0.15, 0.2) is 0 Å². The number of nitrogens with one attached hydrogen (secondary N) is 2. The third-order valence-electron chi connectivity index (χ3n) is 3.82. The van der Waals surface area contributed by atoms with Crippen molar-refractivity contribution in [2.24, 2.45) is 0 Å². The monoisotopic (exact) mass is 334 g/mol. The van der Waals surface area contributed by atoms with Crippen molar-refractivity contribution in [1.82, 2.24) is 0 Å². The van der Waals surface area contributed by atoms with Crippen molar-refractivity contribution in [3.05, 3.63) is 65.4 Å². The van der Waals surface area contributed by atoms with Crippen LogP contribution in [0.4, 0.5) is 17.1 Å². The van der Waals surface area contributed by atoms with Gasteiger partial charge in [0.05, 0.1) is 0 Å². The molecule has 0 spiro atoms. The number of nitrogen functional groups attached to an aromatic ring is 1. The van der Waals surface area contributed by atoms with E-state index < -0.39 is 5.91 Å². The summed E-state index contributed by atoms with van der Waals surface area (Å²) in [5, 5.41) is 15.1. The molecule has 2 aromatic rings. The number of nitrogens with two attached hydrogens (primary N) is 1. The minimum atomic E-state index is -0.473. The Bertz CT molecular complexity index is 830. The molecule has 2 aromatic carbocycles. The van der Waals surface area contributed by atoms with Gasteiger partial charge in [-0.15, -0.1) is 0 Å². The third-order valence-corrected chi connectivity index (χ3v) is 3.82. The van der Waals surface area contributed by atoms with E-state index in [1.165, 1.54) is 6.20 Å². The quantitative estimate of drug-likeness (QED) is 0.435. The SMILES string of the molecule is Cc1cccc(C(C)C)c1N/C=C(/C#N)C(=O)Nc1ccc(N)cc1. The summed E-state index contributed by atoms with van der Waals surface area (Å²) in [5.74, 6) is -0.149. The van der Waals surface area contributed by atoms with Gasteiger partial charge in [-0.1, -0.05) is 32.0 Å². The van der Waals surface area contributed by atoms with Gasteiger partial charge in [0, 0.05) is 23.3 Å². The van der Waals surface area contributed by atoms with E-state index in [-0.39, 0.29) is 5.57 Å². The van der Waals surface area contributed by atoms with Gasteiger partial charge in [0.2, 0.25) is 0 Å². The zero-order valence-corrected chi connectivity index (χ0v) is 14.6. The van der Waals surface area contributed by atoms with E-state index in [0.717, 1.165) is 16.8 Å². The summed E-state index contributed by atoms with van der Waals surface area (Å²) in [6.07, 6.45) is 1.45.